The molecule has 2 fully saturated rings. The molecule has 4 rings (SSSR count). The number of rotatable bonds is 6. The van der Waals surface area contributed by atoms with E-state index in [1.165, 1.54) is 42.4 Å². The van der Waals surface area contributed by atoms with Gasteiger partial charge in [-0.25, -0.2) is 13.6 Å². The zero-order valence-corrected chi connectivity index (χ0v) is 20.1. The number of carbonyl (C=O) groups excluding carboxylic acids is 2. The number of esters is 1. The first-order valence-corrected chi connectivity index (χ1v) is 11.9. The molecule has 4 atom stereocenters. The SMILES string of the molecule is COC(=O)/C=C/c1cc(F)cc(N(C(=O)C2CC3CCC2C3)C(C)c2ccc(Br)cc2F)c1. The van der Waals surface area contributed by atoms with Crippen molar-refractivity contribution in [1.82, 2.24) is 0 Å². The lowest BCUT2D eigenvalue weighted by Crippen LogP contribution is -2.40. The Kier molecular flexibility index (Phi) is 6.98. The van der Waals surface area contributed by atoms with Crippen LogP contribution in [-0.2, 0) is 14.3 Å². The highest BCUT2D eigenvalue weighted by molar-refractivity contribution is 9.10. The number of nitrogens with zero attached hydrogens (tertiary/aromatic N) is 1. The maximum atomic E-state index is 14.9. The van der Waals surface area contributed by atoms with E-state index in [0.717, 1.165) is 25.7 Å². The van der Waals surface area contributed by atoms with Crippen molar-refractivity contribution in [2.24, 2.45) is 17.8 Å². The molecule has 1 amide bonds. The van der Waals surface area contributed by atoms with Gasteiger partial charge in [0.05, 0.1) is 13.2 Å². The van der Waals surface area contributed by atoms with Crippen molar-refractivity contribution in [2.45, 2.75) is 38.6 Å². The van der Waals surface area contributed by atoms with Gasteiger partial charge in [-0.1, -0.05) is 28.4 Å². The summed E-state index contributed by atoms with van der Waals surface area (Å²) in [6, 6.07) is 8.28. The number of hydrogen-bond acceptors (Lipinski definition) is 3. The van der Waals surface area contributed by atoms with E-state index in [4.69, 9.17) is 0 Å². The van der Waals surface area contributed by atoms with Crippen LogP contribution < -0.4 is 4.90 Å². The van der Waals surface area contributed by atoms with Gasteiger partial charge in [-0.15, -0.1) is 0 Å². The number of carbonyl (C=O) groups is 2. The Bertz CT molecular complexity index is 1100. The Morgan fingerprint density at radius 3 is 2.58 bits per heavy atom. The summed E-state index contributed by atoms with van der Waals surface area (Å²) in [4.78, 5) is 26.9. The molecule has 0 saturated heterocycles. The van der Waals surface area contributed by atoms with Crippen LogP contribution in [0.15, 0.2) is 46.9 Å². The number of anilines is 1. The van der Waals surface area contributed by atoms with Gasteiger partial charge < -0.3 is 9.64 Å². The summed E-state index contributed by atoms with van der Waals surface area (Å²) in [5.41, 5.74) is 1.09. The monoisotopic (exact) mass is 517 g/mol. The van der Waals surface area contributed by atoms with Gasteiger partial charge in [0.15, 0.2) is 0 Å². The predicted octanol–water partition coefficient (Wildman–Crippen LogP) is 6.44. The van der Waals surface area contributed by atoms with Gasteiger partial charge in [-0.05, 0) is 80.0 Å². The Morgan fingerprint density at radius 1 is 1.15 bits per heavy atom. The molecule has 2 saturated carbocycles. The summed E-state index contributed by atoms with van der Waals surface area (Å²) < 4.78 is 34.7. The Labute approximate surface area is 200 Å². The molecule has 7 heteroatoms. The van der Waals surface area contributed by atoms with E-state index in [-0.39, 0.29) is 11.8 Å². The van der Waals surface area contributed by atoms with E-state index in [2.05, 4.69) is 20.7 Å². The topological polar surface area (TPSA) is 46.6 Å². The van der Waals surface area contributed by atoms with E-state index < -0.39 is 23.6 Å². The minimum Gasteiger partial charge on any atom is -0.466 e. The van der Waals surface area contributed by atoms with Crippen LogP contribution in [0.1, 0.15) is 49.8 Å². The molecule has 2 aliphatic rings. The Morgan fingerprint density at radius 2 is 1.94 bits per heavy atom. The summed E-state index contributed by atoms with van der Waals surface area (Å²) >= 11 is 3.27. The summed E-state index contributed by atoms with van der Waals surface area (Å²) in [6.07, 6.45) is 6.66. The number of halogens is 3. The van der Waals surface area contributed by atoms with Crippen molar-refractivity contribution in [2.75, 3.05) is 12.0 Å². The third kappa shape index (κ3) is 5.03. The first-order chi connectivity index (χ1) is 15.8. The lowest BCUT2D eigenvalue weighted by molar-refractivity contribution is -0.134. The van der Waals surface area contributed by atoms with Crippen LogP contribution in [0, 0.1) is 29.4 Å². The molecule has 2 aromatic carbocycles. The molecule has 174 valence electrons. The van der Waals surface area contributed by atoms with Crippen LogP contribution in [0.4, 0.5) is 14.5 Å². The molecule has 0 aromatic heterocycles. The summed E-state index contributed by atoms with van der Waals surface area (Å²) in [5.74, 6) is -0.944. The maximum absolute atomic E-state index is 14.9. The molecule has 0 aliphatic heterocycles. The molecular formula is C26H26BrF2NO3. The molecule has 0 heterocycles. The smallest absolute Gasteiger partial charge is 0.330 e. The fraction of sp³-hybridized carbons (Fsp3) is 0.385. The lowest BCUT2D eigenvalue weighted by Gasteiger charge is -2.34. The summed E-state index contributed by atoms with van der Waals surface area (Å²) in [5, 5.41) is 0. The predicted molar refractivity (Wildman–Crippen MR) is 126 cm³/mol. The average Bonchev–Trinajstić information content (AvgIpc) is 3.41. The highest BCUT2D eigenvalue weighted by atomic mass is 79.9. The summed E-state index contributed by atoms with van der Waals surface area (Å²) in [6.45, 7) is 1.76. The van der Waals surface area contributed by atoms with Crippen LogP contribution in [0.5, 0.6) is 0 Å². The van der Waals surface area contributed by atoms with E-state index in [9.17, 15) is 18.4 Å². The van der Waals surface area contributed by atoms with E-state index in [1.807, 2.05) is 0 Å². The molecule has 4 nitrogen and oxygen atoms in total. The highest BCUT2D eigenvalue weighted by Gasteiger charge is 2.45. The normalized spacial score (nSPS) is 22.5. The van der Waals surface area contributed by atoms with E-state index >= 15 is 0 Å². The number of hydrogen-bond donors (Lipinski definition) is 0. The zero-order chi connectivity index (χ0) is 23.7. The van der Waals surface area contributed by atoms with Gasteiger partial charge >= 0.3 is 5.97 Å². The molecular weight excluding hydrogens is 492 g/mol. The maximum Gasteiger partial charge on any atom is 0.330 e. The fourth-order valence-corrected chi connectivity index (χ4v) is 5.64. The van der Waals surface area contributed by atoms with Crippen LogP contribution in [0.2, 0.25) is 0 Å². The molecule has 2 aliphatic carbocycles. The van der Waals surface area contributed by atoms with E-state index in [1.54, 1.807) is 25.1 Å². The van der Waals surface area contributed by atoms with Crippen molar-refractivity contribution in [1.29, 1.82) is 0 Å². The van der Waals surface area contributed by atoms with Gasteiger partial charge in [-0.2, -0.15) is 0 Å². The third-order valence-electron chi connectivity index (χ3n) is 6.89. The minimum absolute atomic E-state index is 0.106. The minimum atomic E-state index is -0.649. The van der Waals surface area contributed by atoms with Crippen molar-refractivity contribution in [3.8, 4) is 0 Å². The first kappa shape index (κ1) is 23.6. The van der Waals surface area contributed by atoms with Crippen molar-refractivity contribution >= 4 is 39.6 Å². The first-order valence-electron chi connectivity index (χ1n) is 11.1. The van der Waals surface area contributed by atoms with E-state index in [0.29, 0.717) is 33.1 Å². The van der Waals surface area contributed by atoms with Gasteiger partial charge in [0.2, 0.25) is 5.91 Å². The number of methoxy groups -OCH3 is 1. The van der Waals surface area contributed by atoms with Crippen LogP contribution >= 0.6 is 15.9 Å². The van der Waals surface area contributed by atoms with Crippen LogP contribution in [-0.4, -0.2) is 19.0 Å². The van der Waals surface area contributed by atoms with Crippen LogP contribution in [0.3, 0.4) is 0 Å². The lowest BCUT2D eigenvalue weighted by atomic mass is 9.87. The standard InChI is InChI=1S/C26H26BrF2NO3/c1-15(22-7-6-19(27)13-24(22)29)30(26(32)23-12-16-3-5-18(23)9-16)21-11-17(10-20(28)14-21)4-8-25(31)33-2/h4,6-8,10-11,13-16,18,23H,3,5,9,12H2,1-2H3/b8-4+. The molecule has 2 bridgehead atoms. The second kappa shape index (κ2) is 9.75. The fourth-order valence-electron chi connectivity index (χ4n) is 5.31. The molecule has 0 N–H and O–H groups in total. The van der Waals surface area contributed by atoms with Crippen molar-refractivity contribution < 1.29 is 23.1 Å². The number of fused-ring (bicyclic) bond motifs is 2. The molecule has 2 aromatic rings. The van der Waals surface area contributed by atoms with Gasteiger partial charge in [0.25, 0.3) is 0 Å². The number of benzene rings is 2. The highest BCUT2D eigenvalue weighted by Crippen LogP contribution is 2.50. The van der Waals surface area contributed by atoms with Crippen LogP contribution in [0.25, 0.3) is 6.08 Å². The van der Waals surface area contributed by atoms with Gasteiger partial charge in [0.1, 0.15) is 11.6 Å². The molecule has 0 spiro atoms. The third-order valence-corrected chi connectivity index (χ3v) is 7.38. The molecule has 4 unspecified atom stereocenters. The molecule has 33 heavy (non-hydrogen) atoms. The van der Waals surface area contributed by atoms with Gasteiger partial charge in [-0.3, -0.25) is 4.79 Å². The summed E-state index contributed by atoms with van der Waals surface area (Å²) in [7, 11) is 1.26. The largest absolute Gasteiger partial charge is 0.466 e. The second-order valence-corrected chi connectivity index (χ2v) is 9.85. The van der Waals surface area contributed by atoms with Crippen molar-refractivity contribution in [3.05, 3.63) is 69.7 Å². The number of amides is 1. The number of ether oxygens (including phenoxy) is 1. The Hall–Kier alpha value is -2.54. The van der Waals surface area contributed by atoms with Crippen molar-refractivity contribution in [3.63, 3.8) is 0 Å². The average molecular weight is 518 g/mol. The van der Waals surface area contributed by atoms with Gasteiger partial charge in [0, 0.05) is 27.7 Å². The molecule has 0 radical (unpaired) electrons. The second-order valence-electron chi connectivity index (χ2n) is 8.93. The zero-order valence-electron chi connectivity index (χ0n) is 18.6. The quantitative estimate of drug-likeness (QED) is 0.327. The Balaban J connectivity index is 1.75.